The molecule has 1 unspecified atom stereocenters. The van der Waals surface area contributed by atoms with Crippen LogP contribution in [0.5, 0.6) is 0 Å². The number of halogens is 1. The van der Waals surface area contributed by atoms with Crippen molar-refractivity contribution in [3.8, 4) is 0 Å². The van der Waals surface area contributed by atoms with E-state index in [1.165, 1.54) is 18.2 Å². The first kappa shape index (κ1) is 14.9. The molecule has 0 bridgehead atoms. The van der Waals surface area contributed by atoms with Gasteiger partial charge in [0.1, 0.15) is 11.5 Å². The van der Waals surface area contributed by atoms with Crippen molar-refractivity contribution in [3.05, 3.63) is 46.9 Å². The van der Waals surface area contributed by atoms with Gasteiger partial charge in [-0.05, 0) is 44.2 Å². The summed E-state index contributed by atoms with van der Waals surface area (Å²) in [5.41, 5.74) is 5.84. The fourth-order valence-electron chi connectivity index (χ4n) is 1.73. The second-order valence-corrected chi connectivity index (χ2v) is 6.60. The molecule has 0 radical (unpaired) electrons. The Kier molecular flexibility index (Phi) is 4.08. The zero-order chi connectivity index (χ0) is 14.9. The average Bonchev–Trinajstić information content (AvgIpc) is 2.79. The Hall–Kier alpha value is -1.50. The quantitative estimate of drug-likeness (QED) is 0.850. The molecule has 0 spiro atoms. The zero-order valence-corrected chi connectivity index (χ0v) is 12.6. The van der Waals surface area contributed by atoms with Gasteiger partial charge in [-0.15, -0.1) is 0 Å². The minimum absolute atomic E-state index is 0.0644. The lowest BCUT2D eigenvalue weighted by Gasteiger charge is -2.12. The molecule has 0 amide bonds. The summed E-state index contributed by atoms with van der Waals surface area (Å²) >= 11 is 5.78. The van der Waals surface area contributed by atoms with Gasteiger partial charge in [-0.25, -0.2) is 13.1 Å². The lowest BCUT2D eigenvalue weighted by Crippen LogP contribution is -2.26. The third-order valence-corrected chi connectivity index (χ3v) is 4.68. The predicted octanol–water partition coefficient (Wildman–Crippen LogP) is 2.86. The van der Waals surface area contributed by atoms with Crippen molar-refractivity contribution in [3.63, 3.8) is 0 Å². The molecular formula is C13H15ClN2O3S. The summed E-state index contributed by atoms with van der Waals surface area (Å²) in [6.07, 6.45) is 0. The summed E-state index contributed by atoms with van der Waals surface area (Å²) in [4.78, 5) is 0.0644. The number of nitrogens with two attached hydrogens (primary N) is 1. The van der Waals surface area contributed by atoms with E-state index >= 15 is 0 Å². The Labute approximate surface area is 122 Å². The van der Waals surface area contributed by atoms with E-state index < -0.39 is 16.1 Å². The smallest absolute Gasteiger partial charge is 0.241 e. The van der Waals surface area contributed by atoms with Crippen LogP contribution in [0.4, 0.5) is 5.69 Å². The van der Waals surface area contributed by atoms with Gasteiger partial charge in [-0.3, -0.25) is 0 Å². The molecule has 0 aliphatic rings. The molecule has 20 heavy (non-hydrogen) atoms. The van der Waals surface area contributed by atoms with Crippen LogP contribution in [-0.2, 0) is 10.0 Å². The van der Waals surface area contributed by atoms with Gasteiger partial charge < -0.3 is 10.2 Å². The van der Waals surface area contributed by atoms with Crippen LogP contribution in [0.25, 0.3) is 0 Å². The molecule has 3 N–H and O–H groups in total. The van der Waals surface area contributed by atoms with Gasteiger partial charge in [-0.2, -0.15) is 0 Å². The van der Waals surface area contributed by atoms with Gasteiger partial charge in [0, 0.05) is 0 Å². The molecule has 1 atom stereocenters. The summed E-state index contributed by atoms with van der Waals surface area (Å²) in [7, 11) is -3.69. The van der Waals surface area contributed by atoms with Crippen LogP contribution in [0.3, 0.4) is 0 Å². The van der Waals surface area contributed by atoms with E-state index in [9.17, 15) is 8.42 Å². The Morgan fingerprint density at radius 3 is 2.55 bits per heavy atom. The average molecular weight is 315 g/mol. The highest BCUT2D eigenvalue weighted by Crippen LogP contribution is 2.24. The largest absolute Gasteiger partial charge is 0.465 e. The van der Waals surface area contributed by atoms with Crippen molar-refractivity contribution in [1.82, 2.24) is 4.72 Å². The van der Waals surface area contributed by atoms with Crippen LogP contribution in [-0.4, -0.2) is 8.42 Å². The molecule has 5 nitrogen and oxygen atoms in total. The van der Waals surface area contributed by atoms with Crippen LogP contribution in [0, 0.1) is 6.92 Å². The van der Waals surface area contributed by atoms with E-state index in [4.69, 9.17) is 21.8 Å². The molecule has 108 valence electrons. The molecule has 1 aromatic heterocycles. The lowest BCUT2D eigenvalue weighted by molar-refractivity contribution is 0.441. The topological polar surface area (TPSA) is 85.3 Å². The molecular weight excluding hydrogens is 300 g/mol. The second-order valence-electron chi connectivity index (χ2n) is 4.47. The number of aryl methyl sites for hydroxylation is 1. The van der Waals surface area contributed by atoms with E-state index in [0.29, 0.717) is 10.8 Å². The van der Waals surface area contributed by atoms with Crippen LogP contribution in [0.15, 0.2) is 39.6 Å². The summed E-state index contributed by atoms with van der Waals surface area (Å²) < 4.78 is 32.4. The minimum atomic E-state index is -3.69. The predicted molar refractivity (Wildman–Crippen MR) is 78.0 cm³/mol. The summed E-state index contributed by atoms with van der Waals surface area (Å²) in [6.45, 7) is 3.50. The van der Waals surface area contributed by atoms with Crippen LogP contribution >= 0.6 is 11.6 Å². The molecule has 0 aliphatic carbocycles. The maximum absolute atomic E-state index is 12.2. The highest BCUT2D eigenvalue weighted by atomic mass is 35.5. The molecule has 0 aliphatic heterocycles. The van der Waals surface area contributed by atoms with Gasteiger partial charge in [-0.1, -0.05) is 11.6 Å². The maximum atomic E-state index is 12.2. The molecule has 7 heteroatoms. The highest BCUT2D eigenvalue weighted by molar-refractivity contribution is 7.89. The van der Waals surface area contributed by atoms with Gasteiger partial charge in [0.25, 0.3) is 0 Å². The zero-order valence-electron chi connectivity index (χ0n) is 11.1. The van der Waals surface area contributed by atoms with Crippen molar-refractivity contribution in [2.45, 2.75) is 24.8 Å². The second kappa shape index (κ2) is 5.47. The first-order chi connectivity index (χ1) is 9.29. The Bertz CT molecular complexity index is 725. The molecule has 0 fully saturated rings. The number of nitrogen functional groups attached to an aromatic ring is 1. The summed E-state index contributed by atoms with van der Waals surface area (Å²) in [6, 6.07) is 7.21. The number of rotatable bonds is 4. The first-order valence-electron chi connectivity index (χ1n) is 5.93. The van der Waals surface area contributed by atoms with Crippen molar-refractivity contribution in [1.29, 1.82) is 0 Å². The number of hydrogen-bond acceptors (Lipinski definition) is 4. The molecule has 1 aromatic carbocycles. The van der Waals surface area contributed by atoms with Gasteiger partial charge >= 0.3 is 0 Å². The monoisotopic (exact) mass is 314 g/mol. The number of nitrogens with one attached hydrogen (secondary N) is 1. The Morgan fingerprint density at radius 1 is 1.30 bits per heavy atom. The normalized spacial score (nSPS) is 13.3. The van der Waals surface area contributed by atoms with Crippen LogP contribution < -0.4 is 10.5 Å². The molecule has 0 saturated carbocycles. The molecule has 2 aromatic rings. The van der Waals surface area contributed by atoms with E-state index in [1.807, 2.05) is 0 Å². The molecule has 2 rings (SSSR count). The highest BCUT2D eigenvalue weighted by Gasteiger charge is 2.20. The number of furan rings is 1. The standard InChI is InChI=1S/C13H15ClN2O3S/c1-8-3-6-13(19-8)9(2)16-20(17,18)10-4-5-11(14)12(15)7-10/h3-7,9,16H,15H2,1-2H3. The number of hydrogen-bond donors (Lipinski definition) is 2. The number of anilines is 1. The molecule has 1 heterocycles. The summed E-state index contributed by atoms with van der Waals surface area (Å²) in [5, 5.41) is 0.318. The van der Waals surface area contributed by atoms with Gasteiger partial charge in [0.05, 0.1) is 21.6 Å². The third kappa shape index (κ3) is 3.15. The van der Waals surface area contributed by atoms with Crippen molar-refractivity contribution >= 4 is 27.3 Å². The van der Waals surface area contributed by atoms with E-state index in [1.54, 1.807) is 26.0 Å². The minimum Gasteiger partial charge on any atom is -0.465 e. The first-order valence-corrected chi connectivity index (χ1v) is 7.79. The van der Waals surface area contributed by atoms with E-state index in [2.05, 4.69) is 4.72 Å². The van der Waals surface area contributed by atoms with Crippen LogP contribution in [0.2, 0.25) is 5.02 Å². The summed E-state index contributed by atoms with van der Waals surface area (Å²) in [5.74, 6) is 1.27. The fraction of sp³-hybridized carbons (Fsp3) is 0.231. The van der Waals surface area contributed by atoms with Crippen molar-refractivity contribution in [2.24, 2.45) is 0 Å². The Balaban J connectivity index is 2.24. The van der Waals surface area contributed by atoms with E-state index in [-0.39, 0.29) is 10.6 Å². The maximum Gasteiger partial charge on any atom is 0.241 e. The number of sulfonamides is 1. The lowest BCUT2D eigenvalue weighted by atomic mass is 10.3. The molecule has 0 saturated heterocycles. The van der Waals surface area contributed by atoms with Crippen molar-refractivity contribution < 1.29 is 12.8 Å². The fourth-order valence-corrected chi connectivity index (χ4v) is 3.10. The SMILES string of the molecule is Cc1ccc(C(C)NS(=O)(=O)c2ccc(Cl)c(N)c2)o1. The third-order valence-electron chi connectivity index (χ3n) is 2.80. The van der Waals surface area contributed by atoms with Gasteiger partial charge in [0.2, 0.25) is 10.0 Å². The van der Waals surface area contributed by atoms with Crippen molar-refractivity contribution in [2.75, 3.05) is 5.73 Å². The number of benzene rings is 1. The van der Waals surface area contributed by atoms with E-state index in [0.717, 1.165) is 5.76 Å². The van der Waals surface area contributed by atoms with Crippen LogP contribution in [0.1, 0.15) is 24.5 Å². The Morgan fingerprint density at radius 2 is 2.00 bits per heavy atom. The van der Waals surface area contributed by atoms with Gasteiger partial charge in [0.15, 0.2) is 0 Å².